The molecule has 0 bridgehead atoms. The highest BCUT2D eigenvalue weighted by molar-refractivity contribution is 7.98. The second-order valence-electron chi connectivity index (χ2n) is 4.67. The fraction of sp³-hybridized carbons (Fsp3) is 0.125. The molecule has 1 atom stereocenters. The maximum atomic E-state index is 13.3. The molecule has 3 aromatic rings. The molecule has 3 nitrogen and oxygen atoms in total. The number of fused-ring (bicyclic) bond motifs is 1. The molecule has 0 aliphatic rings. The van der Waals surface area contributed by atoms with Gasteiger partial charge < -0.3 is 4.42 Å². The summed E-state index contributed by atoms with van der Waals surface area (Å²) in [6.45, 7) is 0. The van der Waals surface area contributed by atoms with Crippen LogP contribution in [-0.2, 0) is 0 Å². The van der Waals surface area contributed by atoms with Gasteiger partial charge in [-0.2, -0.15) is 0 Å². The van der Waals surface area contributed by atoms with Gasteiger partial charge in [0.15, 0.2) is 0 Å². The van der Waals surface area contributed by atoms with E-state index in [1.807, 2.05) is 36.6 Å². The Kier molecular flexibility index (Phi) is 3.96. The lowest BCUT2D eigenvalue weighted by Crippen LogP contribution is -2.28. The van der Waals surface area contributed by atoms with Crippen molar-refractivity contribution in [1.29, 1.82) is 0 Å². The van der Waals surface area contributed by atoms with E-state index in [2.05, 4.69) is 5.43 Å². The highest BCUT2D eigenvalue weighted by Crippen LogP contribution is 2.32. The zero-order valence-electron chi connectivity index (χ0n) is 11.5. The second kappa shape index (κ2) is 5.89. The maximum absolute atomic E-state index is 13.3. The molecule has 0 amide bonds. The summed E-state index contributed by atoms with van der Waals surface area (Å²) in [6, 6.07) is 14.0. The van der Waals surface area contributed by atoms with Gasteiger partial charge in [-0.1, -0.05) is 18.2 Å². The van der Waals surface area contributed by atoms with Crippen LogP contribution in [0.1, 0.15) is 17.4 Å². The van der Waals surface area contributed by atoms with Crippen LogP contribution in [0.2, 0.25) is 0 Å². The summed E-state index contributed by atoms with van der Waals surface area (Å²) in [5.41, 5.74) is 4.46. The van der Waals surface area contributed by atoms with Crippen LogP contribution in [0.5, 0.6) is 0 Å². The SMILES string of the molecule is CSc1ccccc1C(NN)c1cc2cc(F)ccc2o1. The van der Waals surface area contributed by atoms with Crippen molar-refractivity contribution < 1.29 is 8.81 Å². The molecule has 21 heavy (non-hydrogen) atoms. The quantitative estimate of drug-likeness (QED) is 0.437. The first-order valence-corrected chi connectivity index (χ1v) is 7.73. The van der Waals surface area contributed by atoms with Crippen molar-refractivity contribution in [2.24, 2.45) is 5.84 Å². The second-order valence-corrected chi connectivity index (χ2v) is 5.52. The molecule has 1 heterocycles. The maximum Gasteiger partial charge on any atom is 0.134 e. The molecule has 1 unspecified atom stereocenters. The van der Waals surface area contributed by atoms with E-state index < -0.39 is 0 Å². The summed E-state index contributed by atoms with van der Waals surface area (Å²) in [7, 11) is 0. The fourth-order valence-electron chi connectivity index (χ4n) is 2.41. The van der Waals surface area contributed by atoms with Gasteiger partial charge in [-0.15, -0.1) is 11.8 Å². The molecule has 2 aromatic carbocycles. The lowest BCUT2D eigenvalue weighted by Gasteiger charge is -2.16. The van der Waals surface area contributed by atoms with Crippen LogP contribution in [0.4, 0.5) is 4.39 Å². The van der Waals surface area contributed by atoms with E-state index in [9.17, 15) is 4.39 Å². The third-order valence-corrected chi connectivity index (χ3v) is 4.21. The number of benzene rings is 2. The number of hydrazine groups is 1. The molecule has 0 spiro atoms. The predicted octanol–water partition coefficient (Wildman–Crippen LogP) is 3.85. The molecular weight excluding hydrogens is 287 g/mol. The number of thioether (sulfide) groups is 1. The molecule has 3 N–H and O–H groups in total. The summed E-state index contributed by atoms with van der Waals surface area (Å²) in [5.74, 6) is 6.10. The minimum Gasteiger partial charge on any atom is -0.459 e. The summed E-state index contributed by atoms with van der Waals surface area (Å²) in [5, 5.41) is 0.729. The number of furan rings is 1. The average Bonchev–Trinajstić information content (AvgIpc) is 2.91. The molecule has 0 fully saturated rings. The molecule has 0 aliphatic carbocycles. The van der Waals surface area contributed by atoms with Crippen LogP contribution in [-0.4, -0.2) is 6.26 Å². The van der Waals surface area contributed by atoms with Gasteiger partial charge in [0.1, 0.15) is 23.2 Å². The summed E-state index contributed by atoms with van der Waals surface area (Å²) < 4.78 is 19.1. The third-order valence-electron chi connectivity index (χ3n) is 3.40. The predicted molar refractivity (Wildman–Crippen MR) is 83.6 cm³/mol. The van der Waals surface area contributed by atoms with Crippen molar-refractivity contribution in [3.8, 4) is 0 Å². The molecule has 0 saturated carbocycles. The number of halogens is 1. The highest BCUT2D eigenvalue weighted by Gasteiger charge is 2.20. The van der Waals surface area contributed by atoms with Crippen LogP contribution in [0.15, 0.2) is 57.8 Å². The Hall–Kier alpha value is -1.82. The van der Waals surface area contributed by atoms with Crippen molar-refractivity contribution in [3.05, 3.63) is 65.7 Å². The number of rotatable bonds is 4. The van der Waals surface area contributed by atoms with E-state index >= 15 is 0 Å². The molecule has 5 heteroatoms. The van der Waals surface area contributed by atoms with Crippen molar-refractivity contribution in [1.82, 2.24) is 5.43 Å². The molecule has 0 aliphatic heterocycles. The van der Waals surface area contributed by atoms with Crippen molar-refractivity contribution >= 4 is 22.7 Å². The Morgan fingerprint density at radius 3 is 2.76 bits per heavy atom. The smallest absolute Gasteiger partial charge is 0.134 e. The number of hydrogen-bond acceptors (Lipinski definition) is 4. The fourth-order valence-corrected chi connectivity index (χ4v) is 3.04. The minimum atomic E-state index is -0.281. The zero-order chi connectivity index (χ0) is 14.8. The molecule has 0 radical (unpaired) electrons. The van der Waals surface area contributed by atoms with Crippen LogP contribution >= 0.6 is 11.8 Å². The average molecular weight is 302 g/mol. The Labute approximate surface area is 126 Å². The topological polar surface area (TPSA) is 51.2 Å². The first kappa shape index (κ1) is 14.1. The van der Waals surface area contributed by atoms with E-state index in [1.54, 1.807) is 17.8 Å². The number of nitrogens with two attached hydrogens (primary N) is 1. The minimum absolute atomic E-state index is 0.274. The summed E-state index contributed by atoms with van der Waals surface area (Å²) >= 11 is 1.65. The summed E-state index contributed by atoms with van der Waals surface area (Å²) in [6.07, 6.45) is 2.01. The lowest BCUT2D eigenvalue weighted by atomic mass is 10.0. The van der Waals surface area contributed by atoms with Gasteiger partial charge in [-0.3, -0.25) is 5.84 Å². The molecule has 108 valence electrons. The van der Waals surface area contributed by atoms with Gasteiger partial charge in [0.25, 0.3) is 0 Å². The highest BCUT2D eigenvalue weighted by atomic mass is 32.2. The van der Waals surface area contributed by atoms with Gasteiger partial charge in [0.05, 0.1) is 0 Å². The van der Waals surface area contributed by atoms with Crippen molar-refractivity contribution in [2.45, 2.75) is 10.9 Å². The number of nitrogens with one attached hydrogen (secondary N) is 1. The Morgan fingerprint density at radius 1 is 1.19 bits per heavy atom. The largest absolute Gasteiger partial charge is 0.459 e. The summed E-state index contributed by atoms with van der Waals surface area (Å²) in [4.78, 5) is 1.12. The Morgan fingerprint density at radius 2 is 2.00 bits per heavy atom. The van der Waals surface area contributed by atoms with Crippen molar-refractivity contribution in [3.63, 3.8) is 0 Å². The first-order valence-electron chi connectivity index (χ1n) is 6.51. The molecule has 1 aromatic heterocycles. The molecular formula is C16H15FN2OS. The Balaban J connectivity index is 2.09. The Bertz CT molecular complexity index is 772. The van der Waals surface area contributed by atoms with Gasteiger partial charge in [-0.25, -0.2) is 9.82 Å². The van der Waals surface area contributed by atoms with Crippen LogP contribution < -0.4 is 11.3 Å². The third kappa shape index (κ3) is 2.68. The van der Waals surface area contributed by atoms with Gasteiger partial charge >= 0.3 is 0 Å². The monoisotopic (exact) mass is 302 g/mol. The normalized spacial score (nSPS) is 12.7. The van der Waals surface area contributed by atoms with Crippen LogP contribution in [0.3, 0.4) is 0 Å². The zero-order valence-corrected chi connectivity index (χ0v) is 12.3. The van der Waals surface area contributed by atoms with E-state index in [0.29, 0.717) is 11.3 Å². The number of hydrogen-bond donors (Lipinski definition) is 2. The first-order chi connectivity index (χ1) is 10.2. The van der Waals surface area contributed by atoms with E-state index in [1.165, 1.54) is 12.1 Å². The molecule has 3 rings (SSSR count). The standard InChI is InChI=1S/C16H15FN2OS/c1-21-15-5-3-2-4-12(15)16(19-18)14-9-10-8-11(17)6-7-13(10)20-14/h2-9,16,19H,18H2,1H3. The van der Waals surface area contributed by atoms with Gasteiger partial charge in [0.2, 0.25) is 0 Å². The van der Waals surface area contributed by atoms with E-state index in [4.69, 9.17) is 10.3 Å². The van der Waals surface area contributed by atoms with Crippen LogP contribution in [0, 0.1) is 5.82 Å². The van der Waals surface area contributed by atoms with E-state index in [-0.39, 0.29) is 11.9 Å². The molecule has 0 saturated heterocycles. The van der Waals surface area contributed by atoms with Gasteiger partial charge in [0, 0.05) is 10.3 Å². The van der Waals surface area contributed by atoms with E-state index in [0.717, 1.165) is 15.8 Å². The van der Waals surface area contributed by atoms with Crippen LogP contribution in [0.25, 0.3) is 11.0 Å². The van der Waals surface area contributed by atoms with Crippen molar-refractivity contribution in [2.75, 3.05) is 6.26 Å². The lowest BCUT2D eigenvalue weighted by molar-refractivity contribution is 0.473. The van der Waals surface area contributed by atoms with Gasteiger partial charge in [-0.05, 0) is 42.2 Å².